The number of para-hydroxylation sites is 1. The Morgan fingerprint density at radius 2 is 1.89 bits per heavy atom. The predicted molar refractivity (Wildman–Crippen MR) is 70.8 cm³/mol. The van der Waals surface area contributed by atoms with Gasteiger partial charge >= 0.3 is 0 Å². The van der Waals surface area contributed by atoms with Crippen molar-refractivity contribution in [2.24, 2.45) is 0 Å². The molecular weight excluding hydrogens is 248 g/mol. The van der Waals surface area contributed by atoms with E-state index in [4.69, 9.17) is 11.6 Å². The number of carbonyl (C=O) groups excluding carboxylic acids is 1. The molecule has 0 aliphatic carbocycles. The SMILES string of the molecule is O=C(C#Cc1cccc(Cl)c1)c1ccccc1O. The van der Waals surface area contributed by atoms with Gasteiger partial charge in [0.05, 0.1) is 5.56 Å². The zero-order valence-corrected chi connectivity index (χ0v) is 10.1. The summed E-state index contributed by atoms with van der Waals surface area (Å²) in [7, 11) is 0. The standard InChI is InChI=1S/C15H9ClO2/c16-12-5-3-4-11(10-12)8-9-15(18)13-6-1-2-7-14(13)17/h1-7,10,17H. The average Bonchev–Trinajstić information content (AvgIpc) is 2.37. The molecule has 2 aromatic carbocycles. The van der Waals surface area contributed by atoms with Gasteiger partial charge in [-0.3, -0.25) is 4.79 Å². The maximum Gasteiger partial charge on any atom is 0.239 e. The topological polar surface area (TPSA) is 37.3 Å². The third-order valence-corrected chi connectivity index (χ3v) is 2.53. The van der Waals surface area contributed by atoms with Crippen molar-refractivity contribution in [2.75, 3.05) is 0 Å². The minimum Gasteiger partial charge on any atom is -0.507 e. The van der Waals surface area contributed by atoms with Gasteiger partial charge in [-0.05, 0) is 36.3 Å². The summed E-state index contributed by atoms with van der Waals surface area (Å²) in [6.45, 7) is 0. The third-order valence-electron chi connectivity index (χ3n) is 2.29. The quantitative estimate of drug-likeness (QED) is 0.628. The van der Waals surface area contributed by atoms with E-state index < -0.39 is 5.78 Å². The van der Waals surface area contributed by atoms with E-state index in [9.17, 15) is 9.90 Å². The number of halogens is 1. The second-order valence-electron chi connectivity index (χ2n) is 3.61. The van der Waals surface area contributed by atoms with Crippen LogP contribution in [0.3, 0.4) is 0 Å². The first kappa shape index (κ1) is 12.2. The Balaban J connectivity index is 2.26. The molecule has 88 valence electrons. The van der Waals surface area contributed by atoms with Gasteiger partial charge in [0, 0.05) is 10.6 Å². The molecule has 0 fully saturated rings. The smallest absolute Gasteiger partial charge is 0.239 e. The van der Waals surface area contributed by atoms with Gasteiger partial charge in [0.1, 0.15) is 5.75 Å². The molecule has 0 aliphatic heterocycles. The molecule has 3 heteroatoms. The highest BCUT2D eigenvalue weighted by Crippen LogP contribution is 2.15. The van der Waals surface area contributed by atoms with Crippen LogP contribution >= 0.6 is 11.6 Å². The molecular formula is C15H9ClO2. The fraction of sp³-hybridized carbons (Fsp3) is 0. The Labute approximate surface area is 110 Å². The van der Waals surface area contributed by atoms with E-state index in [2.05, 4.69) is 11.8 Å². The molecule has 0 aliphatic rings. The fourth-order valence-electron chi connectivity index (χ4n) is 1.43. The van der Waals surface area contributed by atoms with Gasteiger partial charge in [-0.25, -0.2) is 0 Å². The first-order valence-corrected chi connectivity index (χ1v) is 5.64. The summed E-state index contributed by atoms with van der Waals surface area (Å²) < 4.78 is 0. The molecule has 0 atom stereocenters. The van der Waals surface area contributed by atoms with Crippen molar-refractivity contribution in [3.8, 4) is 17.6 Å². The Bertz CT molecular complexity index is 651. The van der Waals surface area contributed by atoms with Crippen molar-refractivity contribution < 1.29 is 9.90 Å². The van der Waals surface area contributed by atoms with Gasteiger partial charge in [0.25, 0.3) is 0 Å². The van der Waals surface area contributed by atoms with Crippen molar-refractivity contribution in [1.82, 2.24) is 0 Å². The maximum absolute atomic E-state index is 11.8. The molecule has 2 rings (SSSR count). The number of hydrogen-bond acceptors (Lipinski definition) is 2. The second-order valence-corrected chi connectivity index (χ2v) is 4.04. The Morgan fingerprint density at radius 1 is 1.11 bits per heavy atom. The van der Waals surface area contributed by atoms with Crippen molar-refractivity contribution in [1.29, 1.82) is 0 Å². The summed E-state index contributed by atoms with van der Waals surface area (Å²) in [4.78, 5) is 11.8. The normalized spacial score (nSPS) is 9.39. The van der Waals surface area contributed by atoms with Crippen LogP contribution in [0.25, 0.3) is 0 Å². The number of phenols is 1. The van der Waals surface area contributed by atoms with E-state index in [0.717, 1.165) is 0 Å². The number of ketones is 1. The second kappa shape index (κ2) is 5.39. The Morgan fingerprint density at radius 3 is 2.61 bits per heavy atom. The lowest BCUT2D eigenvalue weighted by atomic mass is 10.1. The Hall–Kier alpha value is -2.24. The lowest BCUT2D eigenvalue weighted by Crippen LogP contribution is -1.95. The van der Waals surface area contributed by atoms with Crippen LogP contribution in [0.1, 0.15) is 15.9 Å². The summed E-state index contributed by atoms with van der Waals surface area (Å²) in [5.74, 6) is 4.70. The van der Waals surface area contributed by atoms with E-state index >= 15 is 0 Å². The van der Waals surface area contributed by atoms with Crippen LogP contribution in [0.4, 0.5) is 0 Å². The number of rotatable bonds is 1. The number of aromatic hydroxyl groups is 1. The predicted octanol–water partition coefficient (Wildman–Crippen LogP) is 3.28. The van der Waals surface area contributed by atoms with E-state index in [0.29, 0.717) is 10.6 Å². The lowest BCUT2D eigenvalue weighted by Gasteiger charge is -1.96. The highest BCUT2D eigenvalue weighted by Gasteiger charge is 2.06. The molecule has 1 N–H and O–H groups in total. The zero-order valence-electron chi connectivity index (χ0n) is 9.35. The van der Waals surface area contributed by atoms with Gasteiger partial charge < -0.3 is 5.11 Å². The van der Waals surface area contributed by atoms with Crippen LogP contribution < -0.4 is 0 Å². The minimum absolute atomic E-state index is 0.0668. The molecule has 0 unspecified atom stereocenters. The largest absolute Gasteiger partial charge is 0.507 e. The molecule has 2 nitrogen and oxygen atoms in total. The monoisotopic (exact) mass is 256 g/mol. The molecule has 0 amide bonds. The highest BCUT2D eigenvalue weighted by molar-refractivity contribution is 6.30. The van der Waals surface area contributed by atoms with Crippen molar-refractivity contribution in [3.05, 3.63) is 64.7 Å². The molecule has 0 aromatic heterocycles. The van der Waals surface area contributed by atoms with Gasteiger partial charge in [0.2, 0.25) is 5.78 Å². The zero-order chi connectivity index (χ0) is 13.0. The molecule has 0 bridgehead atoms. The van der Waals surface area contributed by atoms with Crippen molar-refractivity contribution in [3.63, 3.8) is 0 Å². The first-order valence-electron chi connectivity index (χ1n) is 5.27. The van der Waals surface area contributed by atoms with Crippen LogP contribution in [0.2, 0.25) is 5.02 Å². The number of phenolic OH excluding ortho intramolecular Hbond substituents is 1. The van der Waals surface area contributed by atoms with E-state index in [-0.39, 0.29) is 11.3 Å². The van der Waals surface area contributed by atoms with E-state index in [1.54, 1.807) is 36.4 Å². The summed E-state index contributed by atoms with van der Waals surface area (Å²) in [5, 5.41) is 10.1. The summed E-state index contributed by atoms with van der Waals surface area (Å²) >= 11 is 5.81. The Kier molecular flexibility index (Phi) is 3.66. The molecule has 18 heavy (non-hydrogen) atoms. The summed E-state index contributed by atoms with van der Waals surface area (Å²) in [6.07, 6.45) is 0. The number of hydrogen-bond donors (Lipinski definition) is 1. The lowest BCUT2D eigenvalue weighted by molar-refractivity contribution is 0.105. The molecule has 0 heterocycles. The molecule has 0 radical (unpaired) electrons. The highest BCUT2D eigenvalue weighted by atomic mass is 35.5. The van der Waals surface area contributed by atoms with Crippen molar-refractivity contribution in [2.45, 2.75) is 0 Å². The number of benzene rings is 2. The summed E-state index contributed by atoms with van der Waals surface area (Å²) in [5.41, 5.74) is 0.860. The van der Waals surface area contributed by atoms with E-state index in [1.807, 2.05) is 0 Å². The fourth-order valence-corrected chi connectivity index (χ4v) is 1.62. The number of carbonyl (C=O) groups is 1. The van der Waals surface area contributed by atoms with Gasteiger partial charge in [-0.2, -0.15) is 0 Å². The van der Waals surface area contributed by atoms with Crippen LogP contribution in [-0.2, 0) is 0 Å². The number of Topliss-reactive ketones (excluding diaryl/α,β-unsaturated/α-hetero) is 1. The van der Waals surface area contributed by atoms with Gasteiger partial charge in [-0.1, -0.05) is 35.7 Å². The third kappa shape index (κ3) is 2.91. The van der Waals surface area contributed by atoms with Crippen LogP contribution in [-0.4, -0.2) is 10.9 Å². The molecule has 2 aromatic rings. The average molecular weight is 257 g/mol. The van der Waals surface area contributed by atoms with Crippen LogP contribution in [0.15, 0.2) is 48.5 Å². The minimum atomic E-state index is -0.423. The maximum atomic E-state index is 11.8. The van der Waals surface area contributed by atoms with Gasteiger partial charge in [-0.15, -0.1) is 0 Å². The molecule has 0 saturated carbocycles. The molecule has 0 spiro atoms. The molecule has 0 saturated heterocycles. The first-order chi connectivity index (χ1) is 8.66. The van der Waals surface area contributed by atoms with Crippen LogP contribution in [0, 0.1) is 11.8 Å². The summed E-state index contributed by atoms with van der Waals surface area (Å²) in [6, 6.07) is 13.2. The van der Waals surface area contributed by atoms with Crippen LogP contribution in [0.5, 0.6) is 5.75 Å². The van der Waals surface area contributed by atoms with Gasteiger partial charge in [0.15, 0.2) is 0 Å². The van der Waals surface area contributed by atoms with E-state index in [1.165, 1.54) is 12.1 Å². The van der Waals surface area contributed by atoms with Crippen molar-refractivity contribution >= 4 is 17.4 Å².